The van der Waals surface area contributed by atoms with Crippen LogP contribution in [-0.2, 0) is 19.1 Å². The molecule has 0 radical (unpaired) electrons. The Morgan fingerprint density at radius 1 is 1.18 bits per heavy atom. The van der Waals surface area contributed by atoms with Gasteiger partial charge in [0.15, 0.2) is 0 Å². The average molecular weight is 380 g/mol. The van der Waals surface area contributed by atoms with E-state index in [1.807, 2.05) is 6.08 Å². The number of ether oxygens (including phenoxy) is 2. The number of esters is 2. The summed E-state index contributed by atoms with van der Waals surface area (Å²) >= 11 is 0. The van der Waals surface area contributed by atoms with Gasteiger partial charge in [-0.15, -0.1) is 0 Å². The van der Waals surface area contributed by atoms with Crippen LogP contribution in [0.3, 0.4) is 0 Å². The maximum Gasteiger partial charge on any atom is 0.340 e. The number of hydrogen-bond donors (Lipinski definition) is 0. The maximum absolute atomic E-state index is 12.9. The van der Waals surface area contributed by atoms with Crippen LogP contribution in [0.1, 0.15) is 65.2 Å². The highest BCUT2D eigenvalue weighted by molar-refractivity contribution is 5.99. The third-order valence-electron chi connectivity index (χ3n) is 7.38. The monoisotopic (exact) mass is 380 g/mol. The molecule has 28 heavy (non-hydrogen) atoms. The second kappa shape index (κ2) is 6.47. The summed E-state index contributed by atoms with van der Waals surface area (Å²) in [5, 5.41) is 0. The number of fused-ring (bicyclic) bond motifs is 4. The van der Waals surface area contributed by atoms with Crippen LogP contribution in [0.25, 0.3) is 0 Å². The van der Waals surface area contributed by atoms with Gasteiger partial charge in [-0.3, -0.25) is 0 Å². The van der Waals surface area contributed by atoms with E-state index in [-0.39, 0.29) is 17.9 Å². The highest BCUT2D eigenvalue weighted by atomic mass is 16.6. The molecule has 0 bridgehead atoms. The zero-order valence-electron chi connectivity index (χ0n) is 16.8. The SMILES string of the molecule is CCC/C=C1\OC(=O)C2=C1CCC1C(CCC)C3(OC(=O)C4=C3CCC=C4)C21. The Labute approximate surface area is 166 Å². The molecule has 1 saturated carbocycles. The molecule has 148 valence electrons. The van der Waals surface area contributed by atoms with Crippen molar-refractivity contribution >= 4 is 11.9 Å². The molecule has 4 heteroatoms. The van der Waals surface area contributed by atoms with Gasteiger partial charge in [-0.2, -0.15) is 0 Å². The molecule has 1 fully saturated rings. The van der Waals surface area contributed by atoms with E-state index in [0.29, 0.717) is 11.8 Å². The van der Waals surface area contributed by atoms with Crippen LogP contribution in [-0.4, -0.2) is 17.5 Å². The van der Waals surface area contributed by atoms with Crippen LogP contribution >= 0.6 is 0 Å². The van der Waals surface area contributed by atoms with Crippen LogP contribution < -0.4 is 0 Å². The largest absolute Gasteiger partial charge is 0.450 e. The Kier molecular flexibility index (Phi) is 4.15. The molecule has 0 N–H and O–H groups in total. The molecule has 4 atom stereocenters. The maximum atomic E-state index is 12.9. The fourth-order valence-corrected chi connectivity index (χ4v) is 6.39. The summed E-state index contributed by atoms with van der Waals surface area (Å²) < 4.78 is 11.9. The Morgan fingerprint density at radius 3 is 2.82 bits per heavy atom. The van der Waals surface area contributed by atoms with E-state index in [4.69, 9.17) is 9.47 Å². The first kappa shape index (κ1) is 18.0. The normalized spacial score (nSPS) is 37.1. The Morgan fingerprint density at radius 2 is 2.04 bits per heavy atom. The molecule has 5 aliphatic rings. The Balaban J connectivity index is 1.63. The van der Waals surface area contributed by atoms with Gasteiger partial charge in [-0.1, -0.05) is 38.8 Å². The van der Waals surface area contributed by atoms with E-state index in [1.165, 1.54) is 0 Å². The minimum Gasteiger partial charge on any atom is -0.450 e. The predicted molar refractivity (Wildman–Crippen MR) is 105 cm³/mol. The molecule has 1 spiro atoms. The number of hydrogen-bond acceptors (Lipinski definition) is 4. The van der Waals surface area contributed by atoms with E-state index in [0.717, 1.165) is 79.4 Å². The fraction of sp³-hybridized carbons (Fsp3) is 0.583. The quantitative estimate of drug-likeness (QED) is 0.650. The van der Waals surface area contributed by atoms with E-state index >= 15 is 0 Å². The highest BCUT2D eigenvalue weighted by Gasteiger charge is 2.71. The summed E-state index contributed by atoms with van der Waals surface area (Å²) in [6.07, 6.45) is 13.8. The number of unbranched alkanes of at least 4 members (excludes halogenated alkanes) is 1. The molecule has 4 unspecified atom stereocenters. The van der Waals surface area contributed by atoms with Gasteiger partial charge >= 0.3 is 11.9 Å². The van der Waals surface area contributed by atoms with Crippen molar-refractivity contribution < 1.29 is 19.1 Å². The van der Waals surface area contributed by atoms with Crippen molar-refractivity contribution in [3.8, 4) is 0 Å². The first-order valence-corrected chi connectivity index (χ1v) is 10.9. The standard InChI is InChI=1S/C24H28O4/c1-3-5-11-19-16-13-12-14-17(8-4-2)24(21(14)20(16)23(26)27-19)18-10-7-6-9-15(18)22(25)28-24/h6,9,11,14,17,21H,3-5,7-8,10,12-13H2,1-2H3/b19-11-. The highest BCUT2D eigenvalue weighted by Crippen LogP contribution is 2.68. The molecule has 0 amide bonds. The molecular weight excluding hydrogens is 352 g/mol. The lowest BCUT2D eigenvalue weighted by molar-refractivity contribution is -0.197. The molecule has 2 heterocycles. The topological polar surface area (TPSA) is 52.6 Å². The molecule has 0 aromatic carbocycles. The lowest BCUT2D eigenvalue weighted by Crippen LogP contribution is -2.65. The van der Waals surface area contributed by atoms with Gasteiger partial charge in [0, 0.05) is 17.4 Å². The Bertz CT molecular complexity index is 871. The van der Waals surface area contributed by atoms with Gasteiger partial charge < -0.3 is 9.47 Å². The minimum absolute atomic E-state index is 0.0317. The van der Waals surface area contributed by atoms with E-state index in [1.54, 1.807) is 0 Å². The summed E-state index contributed by atoms with van der Waals surface area (Å²) in [6.45, 7) is 4.32. The fourth-order valence-electron chi connectivity index (χ4n) is 6.39. The van der Waals surface area contributed by atoms with Gasteiger partial charge in [-0.05, 0) is 56.1 Å². The zero-order chi connectivity index (χ0) is 19.5. The molecule has 4 nitrogen and oxygen atoms in total. The van der Waals surface area contributed by atoms with Crippen molar-refractivity contribution in [2.45, 2.75) is 70.8 Å². The number of cyclic esters (lactones) is 1. The number of rotatable bonds is 4. The lowest BCUT2D eigenvalue weighted by Gasteiger charge is -2.61. The number of carbonyl (C=O) groups excluding carboxylic acids is 2. The van der Waals surface area contributed by atoms with E-state index < -0.39 is 5.60 Å². The number of carbonyl (C=O) groups is 2. The van der Waals surface area contributed by atoms with E-state index in [2.05, 4.69) is 26.0 Å². The lowest BCUT2D eigenvalue weighted by atomic mass is 9.44. The van der Waals surface area contributed by atoms with Gasteiger partial charge in [0.2, 0.25) is 0 Å². The predicted octanol–water partition coefficient (Wildman–Crippen LogP) is 4.92. The van der Waals surface area contributed by atoms with Gasteiger partial charge in [0.25, 0.3) is 0 Å². The van der Waals surface area contributed by atoms with Crippen LogP contribution in [0.2, 0.25) is 0 Å². The molecule has 2 aliphatic heterocycles. The minimum atomic E-state index is -0.613. The summed E-state index contributed by atoms with van der Waals surface area (Å²) in [7, 11) is 0. The second-order valence-corrected chi connectivity index (χ2v) is 8.73. The van der Waals surface area contributed by atoms with Gasteiger partial charge in [0.1, 0.15) is 11.4 Å². The summed E-state index contributed by atoms with van der Waals surface area (Å²) in [5.74, 6) is 1.04. The van der Waals surface area contributed by atoms with Crippen LogP contribution in [0, 0.1) is 17.8 Å². The molecule has 5 rings (SSSR count). The third-order valence-corrected chi connectivity index (χ3v) is 7.38. The van der Waals surface area contributed by atoms with Crippen LogP contribution in [0.15, 0.2) is 46.3 Å². The molecule has 0 aromatic rings. The first-order chi connectivity index (χ1) is 13.6. The third kappa shape index (κ3) is 2.18. The van der Waals surface area contributed by atoms with Crippen LogP contribution in [0.5, 0.6) is 0 Å². The van der Waals surface area contributed by atoms with Gasteiger partial charge in [-0.25, -0.2) is 9.59 Å². The van der Waals surface area contributed by atoms with Crippen molar-refractivity contribution in [1.29, 1.82) is 0 Å². The van der Waals surface area contributed by atoms with Crippen molar-refractivity contribution in [1.82, 2.24) is 0 Å². The zero-order valence-corrected chi connectivity index (χ0v) is 16.8. The van der Waals surface area contributed by atoms with Crippen LogP contribution in [0.4, 0.5) is 0 Å². The van der Waals surface area contributed by atoms with Crippen molar-refractivity contribution in [2.75, 3.05) is 0 Å². The van der Waals surface area contributed by atoms with Crippen molar-refractivity contribution in [2.24, 2.45) is 17.8 Å². The number of allylic oxidation sites excluding steroid dienone is 3. The molecular formula is C24H28O4. The molecule has 3 aliphatic carbocycles. The second-order valence-electron chi connectivity index (χ2n) is 8.73. The summed E-state index contributed by atoms with van der Waals surface area (Å²) in [4.78, 5) is 25.7. The molecule has 0 saturated heterocycles. The van der Waals surface area contributed by atoms with Crippen molar-refractivity contribution in [3.63, 3.8) is 0 Å². The van der Waals surface area contributed by atoms with Gasteiger partial charge in [0.05, 0.1) is 11.1 Å². The first-order valence-electron chi connectivity index (χ1n) is 10.9. The summed E-state index contributed by atoms with van der Waals surface area (Å²) in [6, 6.07) is 0. The molecule has 0 aromatic heterocycles. The van der Waals surface area contributed by atoms with E-state index in [9.17, 15) is 9.59 Å². The average Bonchev–Trinajstić information content (AvgIpc) is 3.19. The summed E-state index contributed by atoms with van der Waals surface area (Å²) in [5.41, 5.74) is 3.16. The van der Waals surface area contributed by atoms with Crippen molar-refractivity contribution in [3.05, 3.63) is 46.3 Å². The smallest absolute Gasteiger partial charge is 0.340 e. The Hall–Kier alpha value is -2.10.